The molecule has 0 saturated heterocycles. The maximum Gasteiger partial charge on any atom is 0.151 e. The molecule has 0 bridgehead atoms. The summed E-state index contributed by atoms with van der Waals surface area (Å²) in [4.78, 5) is 39.6. The van der Waals surface area contributed by atoms with Gasteiger partial charge in [0.25, 0.3) is 0 Å². The molecule has 1 aliphatic rings. The van der Waals surface area contributed by atoms with Crippen LogP contribution in [0.25, 0.3) is 0 Å². The summed E-state index contributed by atoms with van der Waals surface area (Å²) >= 11 is 0. The molecule has 140 valence electrons. The van der Waals surface area contributed by atoms with Gasteiger partial charge in [0, 0.05) is 39.0 Å². The van der Waals surface area contributed by atoms with Crippen molar-refractivity contribution in [3.05, 3.63) is 65.7 Å². The second-order valence-electron chi connectivity index (χ2n) is 7.41. The molecular weight excluding hydrogens is 338 g/mol. The van der Waals surface area contributed by atoms with Crippen LogP contribution in [0.1, 0.15) is 36.3 Å². The number of hydrogen-bond donors (Lipinski definition) is 0. The summed E-state index contributed by atoms with van der Waals surface area (Å²) in [6.45, 7) is 0. The minimum atomic E-state index is -1.06. The van der Waals surface area contributed by atoms with Gasteiger partial charge in [-0.2, -0.15) is 0 Å². The highest BCUT2D eigenvalue weighted by atomic mass is 16.2. The van der Waals surface area contributed by atoms with Crippen LogP contribution < -0.4 is 4.90 Å². The zero-order valence-electron chi connectivity index (χ0n) is 15.9. The van der Waals surface area contributed by atoms with Crippen molar-refractivity contribution in [1.82, 2.24) is 0 Å². The number of benzene rings is 2. The second-order valence-corrected chi connectivity index (χ2v) is 7.41. The molecule has 0 unspecified atom stereocenters. The Bertz CT molecular complexity index is 806. The highest BCUT2D eigenvalue weighted by molar-refractivity contribution is 6.21. The Kier molecular flexibility index (Phi) is 5.84. The average Bonchev–Trinajstić information content (AvgIpc) is 2.66. The van der Waals surface area contributed by atoms with Gasteiger partial charge in [0.15, 0.2) is 17.3 Å². The van der Waals surface area contributed by atoms with Gasteiger partial charge in [-0.05, 0) is 35.6 Å². The van der Waals surface area contributed by atoms with Crippen LogP contribution in [0.2, 0.25) is 0 Å². The molecule has 0 radical (unpaired) electrons. The van der Waals surface area contributed by atoms with Gasteiger partial charge in [-0.25, -0.2) is 0 Å². The SMILES string of the molecule is CN(C)c1ccc(C2CC(=O)C(C(=O)CCc3ccccc3)C(=O)C2)cc1. The van der Waals surface area contributed by atoms with Gasteiger partial charge >= 0.3 is 0 Å². The van der Waals surface area contributed by atoms with Crippen molar-refractivity contribution < 1.29 is 14.4 Å². The first-order valence-corrected chi connectivity index (χ1v) is 9.35. The lowest BCUT2D eigenvalue weighted by molar-refractivity contribution is -0.142. The third kappa shape index (κ3) is 4.51. The van der Waals surface area contributed by atoms with E-state index in [0.717, 1.165) is 16.8 Å². The van der Waals surface area contributed by atoms with Gasteiger partial charge in [-0.3, -0.25) is 14.4 Å². The maximum atomic E-state index is 12.6. The monoisotopic (exact) mass is 363 g/mol. The zero-order valence-corrected chi connectivity index (χ0v) is 15.9. The van der Waals surface area contributed by atoms with E-state index in [2.05, 4.69) is 0 Å². The summed E-state index contributed by atoms with van der Waals surface area (Å²) in [6, 6.07) is 17.6. The number of hydrogen-bond acceptors (Lipinski definition) is 4. The molecule has 0 aliphatic heterocycles. The van der Waals surface area contributed by atoms with Crippen LogP contribution >= 0.6 is 0 Å². The molecule has 27 heavy (non-hydrogen) atoms. The number of ketones is 3. The smallest absolute Gasteiger partial charge is 0.151 e. The summed E-state index contributed by atoms with van der Waals surface area (Å²) < 4.78 is 0. The topological polar surface area (TPSA) is 54.5 Å². The normalized spacial score (nSPS) is 19.8. The van der Waals surface area contributed by atoms with Crippen molar-refractivity contribution >= 4 is 23.0 Å². The molecule has 0 amide bonds. The van der Waals surface area contributed by atoms with Crippen LogP contribution in [-0.2, 0) is 20.8 Å². The van der Waals surface area contributed by atoms with Gasteiger partial charge < -0.3 is 4.90 Å². The molecule has 1 fully saturated rings. The maximum absolute atomic E-state index is 12.6. The number of rotatable bonds is 6. The molecule has 2 aromatic rings. The molecule has 0 spiro atoms. The summed E-state index contributed by atoms with van der Waals surface area (Å²) in [6.07, 6.45) is 1.31. The minimum absolute atomic E-state index is 0.126. The Hall–Kier alpha value is -2.75. The summed E-state index contributed by atoms with van der Waals surface area (Å²) in [5.74, 6) is -1.89. The lowest BCUT2D eigenvalue weighted by atomic mass is 9.74. The van der Waals surface area contributed by atoms with Crippen molar-refractivity contribution in [3.63, 3.8) is 0 Å². The Morgan fingerprint density at radius 3 is 2.07 bits per heavy atom. The summed E-state index contributed by atoms with van der Waals surface area (Å²) in [7, 11) is 3.93. The predicted octanol–water partition coefficient (Wildman–Crippen LogP) is 3.59. The minimum Gasteiger partial charge on any atom is -0.378 e. The Morgan fingerprint density at radius 2 is 1.52 bits per heavy atom. The fourth-order valence-corrected chi connectivity index (χ4v) is 3.67. The van der Waals surface area contributed by atoms with E-state index in [1.165, 1.54) is 0 Å². The van der Waals surface area contributed by atoms with Crippen LogP contribution in [0.3, 0.4) is 0 Å². The molecule has 0 aromatic heterocycles. The molecule has 1 saturated carbocycles. The number of anilines is 1. The molecule has 4 nitrogen and oxygen atoms in total. The van der Waals surface area contributed by atoms with Crippen LogP contribution in [0.4, 0.5) is 5.69 Å². The van der Waals surface area contributed by atoms with E-state index in [0.29, 0.717) is 6.42 Å². The number of Topliss-reactive ketones (excluding diaryl/α,β-unsaturated/α-hetero) is 3. The number of carbonyl (C=O) groups is 3. The van der Waals surface area contributed by atoms with E-state index in [-0.39, 0.29) is 42.5 Å². The summed E-state index contributed by atoms with van der Waals surface area (Å²) in [5, 5.41) is 0. The first-order valence-electron chi connectivity index (χ1n) is 9.35. The molecule has 0 heterocycles. The lowest BCUT2D eigenvalue weighted by Gasteiger charge is -2.26. The molecule has 0 N–H and O–H groups in total. The highest BCUT2D eigenvalue weighted by Gasteiger charge is 2.39. The number of nitrogens with zero attached hydrogens (tertiary/aromatic N) is 1. The first-order chi connectivity index (χ1) is 13.0. The quantitative estimate of drug-likeness (QED) is 0.736. The fraction of sp³-hybridized carbons (Fsp3) is 0.348. The van der Waals surface area contributed by atoms with E-state index in [4.69, 9.17) is 0 Å². The van der Waals surface area contributed by atoms with E-state index < -0.39 is 5.92 Å². The Morgan fingerprint density at radius 1 is 0.926 bits per heavy atom. The molecule has 0 atom stereocenters. The van der Waals surface area contributed by atoms with E-state index >= 15 is 0 Å². The number of aryl methyl sites for hydroxylation is 1. The van der Waals surface area contributed by atoms with E-state index in [1.807, 2.05) is 73.6 Å². The Balaban J connectivity index is 1.63. The van der Waals surface area contributed by atoms with Crippen LogP contribution in [0.5, 0.6) is 0 Å². The van der Waals surface area contributed by atoms with Gasteiger partial charge in [0.2, 0.25) is 0 Å². The van der Waals surface area contributed by atoms with Gasteiger partial charge in [0.05, 0.1) is 0 Å². The third-order valence-corrected chi connectivity index (χ3v) is 5.24. The average molecular weight is 363 g/mol. The second kappa shape index (κ2) is 8.30. The van der Waals surface area contributed by atoms with Crippen molar-refractivity contribution in [2.24, 2.45) is 5.92 Å². The predicted molar refractivity (Wildman–Crippen MR) is 106 cm³/mol. The van der Waals surface area contributed by atoms with Crippen molar-refractivity contribution in [3.8, 4) is 0 Å². The van der Waals surface area contributed by atoms with E-state index in [1.54, 1.807) is 0 Å². The number of carbonyl (C=O) groups excluding carboxylic acids is 3. The Labute approximate surface area is 160 Å². The summed E-state index contributed by atoms with van der Waals surface area (Å²) in [5.41, 5.74) is 3.10. The third-order valence-electron chi connectivity index (χ3n) is 5.24. The molecule has 3 rings (SSSR count). The standard InChI is InChI=1S/C23H25NO3/c1-24(2)19-11-9-17(10-12-19)18-14-21(26)23(22(27)15-18)20(25)13-8-16-6-4-3-5-7-16/h3-7,9-12,18,23H,8,13-15H2,1-2H3. The zero-order chi connectivity index (χ0) is 19.4. The van der Waals surface area contributed by atoms with Crippen molar-refractivity contribution in [2.45, 2.75) is 31.6 Å². The first kappa shape index (κ1) is 19.0. The fourth-order valence-electron chi connectivity index (χ4n) is 3.67. The molecular formula is C23H25NO3. The molecule has 4 heteroatoms. The van der Waals surface area contributed by atoms with Crippen LogP contribution in [0.15, 0.2) is 54.6 Å². The largest absolute Gasteiger partial charge is 0.378 e. The molecule has 2 aromatic carbocycles. The van der Waals surface area contributed by atoms with Crippen LogP contribution in [-0.4, -0.2) is 31.4 Å². The van der Waals surface area contributed by atoms with Gasteiger partial charge in [-0.1, -0.05) is 42.5 Å². The van der Waals surface area contributed by atoms with Crippen LogP contribution in [0, 0.1) is 5.92 Å². The lowest BCUT2D eigenvalue weighted by Crippen LogP contribution is -2.38. The van der Waals surface area contributed by atoms with Gasteiger partial charge in [-0.15, -0.1) is 0 Å². The highest BCUT2D eigenvalue weighted by Crippen LogP contribution is 2.33. The van der Waals surface area contributed by atoms with Crippen molar-refractivity contribution in [2.75, 3.05) is 19.0 Å². The van der Waals surface area contributed by atoms with Gasteiger partial charge in [0.1, 0.15) is 5.92 Å². The van der Waals surface area contributed by atoms with E-state index in [9.17, 15) is 14.4 Å². The molecule has 1 aliphatic carbocycles. The van der Waals surface area contributed by atoms with Crippen molar-refractivity contribution in [1.29, 1.82) is 0 Å².